The zero-order valence-corrected chi connectivity index (χ0v) is 11.7. The Morgan fingerprint density at radius 2 is 2.35 bits per heavy atom. The molecule has 1 unspecified atom stereocenters. The average Bonchev–Trinajstić information content (AvgIpc) is 2.70. The van der Waals surface area contributed by atoms with Crippen molar-refractivity contribution in [3.63, 3.8) is 0 Å². The summed E-state index contributed by atoms with van der Waals surface area (Å²) in [6.07, 6.45) is 0.682. The van der Waals surface area contributed by atoms with Crippen LogP contribution in [0, 0.1) is 0 Å². The molecule has 1 aliphatic rings. The van der Waals surface area contributed by atoms with Gasteiger partial charge in [-0.3, -0.25) is 4.90 Å². The molecule has 94 valence electrons. The molecule has 0 aromatic heterocycles. The van der Waals surface area contributed by atoms with Gasteiger partial charge in [-0.1, -0.05) is 17.7 Å². The molecule has 0 amide bonds. The second-order valence-corrected chi connectivity index (χ2v) is 5.38. The molecular weight excluding hydrogens is 305 g/mol. The molecule has 0 bridgehead atoms. The van der Waals surface area contributed by atoms with Crippen molar-refractivity contribution < 1.29 is 9.84 Å². The number of rotatable bonds is 4. The van der Waals surface area contributed by atoms with Crippen LogP contribution in [0.2, 0.25) is 5.02 Å². The van der Waals surface area contributed by atoms with Gasteiger partial charge in [0, 0.05) is 24.1 Å². The summed E-state index contributed by atoms with van der Waals surface area (Å²) >= 11 is 9.44. The fourth-order valence-corrected chi connectivity index (χ4v) is 2.42. The van der Waals surface area contributed by atoms with E-state index in [0.29, 0.717) is 17.4 Å². The van der Waals surface area contributed by atoms with E-state index in [4.69, 9.17) is 16.3 Å². The summed E-state index contributed by atoms with van der Waals surface area (Å²) in [5.41, 5.74) is 0. The summed E-state index contributed by atoms with van der Waals surface area (Å²) in [5.74, 6) is 0.695. The van der Waals surface area contributed by atoms with Crippen LogP contribution in [0.1, 0.15) is 6.42 Å². The topological polar surface area (TPSA) is 32.7 Å². The highest BCUT2D eigenvalue weighted by atomic mass is 79.9. The van der Waals surface area contributed by atoms with E-state index in [1.54, 1.807) is 0 Å². The van der Waals surface area contributed by atoms with Crippen LogP contribution in [0.3, 0.4) is 0 Å². The minimum atomic E-state index is -0.176. The van der Waals surface area contributed by atoms with E-state index in [-0.39, 0.29) is 6.10 Å². The molecule has 2 rings (SSSR count). The maximum Gasteiger partial charge on any atom is 0.139 e. The van der Waals surface area contributed by atoms with Crippen molar-refractivity contribution in [3.8, 4) is 5.75 Å². The summed E-state index contributed by atoms with van der Waals surface area (Å²) in [7, 11) is 0. The van der Waals surface area contributed by atoms with E-state index in [1.165, 1.54) is 0 Å². The lowest BCUT2D eigenvalue weighted by Crippen LogP contribution is -2.27. The Morgan fingerprint density at radius 1 is 1.53 bits per heavy atom. The Labute approximate surface area is 114 Å². The Hall–Kier alpha value is -0.290. The van der Waals surface area contributed by atoms with Gasteiger partial charge in [0.2, 0.25) is 0 Å². The summed E-state index contributed by atoms with van der Waals surface area (Å²) in [5, 5.41) is 9.99. The molecular formula is C12H15BrClNO2. The van der Waals surface area contributed by atoms with E-state index in [2.05, 4.69) is 20.8 Å². The molecule has 1 saturated heterocycles. The van der Waals surface area contributed by atoms with Gasteiger partial charge in [0.1, 0.15) is 12.4 Å². The van der Waals surface area contributed by atoms with Crippen molar-refractivity contribution in [2.45, 2.75) is 12.5 Å². The minimum Gasteiger partial charge on any atom is -0.491 e. The van der Waals surface area contributed by atoms with Crippen molar-refractivity contribution in [2.75, 3.05) is 26.2 Å². The third-order valence-electron chi connectivity index (χ3n) is 2.83. The fourth-order valence-electron chi connectivity index (χ4n) is 1.90. The third-order valence-corrected chi connectivity index (χ3v) is 4.11. The molecule has 1 atom stereocenters. The molecule has 0 saturated carbocycles. The number of aliphatic hydroxyl groups is 1. The van der Waals surface area contributed by atoms with Gasteiger partial charge in [-0.25, -0.2) is 0 Å². The monoisotopic (exact) mass is 319 g/mol. The van der Waals surface area contributed by atoms with E-state index < -0.39 is 0 Å². The second kappa shape index (κ2) is 6.05. The van der Waals surface area contributed by atoms with Gasteiger partial charge in [0.05, 0.1) is 11.1 Å². The van der Waals surface area contributed by atoms with Crippen LogP contribution >= 0.6 is 27.5 Å². The van der Waals surface area contributed by atoms with E-state index in [1.807, 2.05) is 18.2 Å². The van der Waals surface area contributed by atoms with Crippen LogP contribution in [0.5, 0.6) is 5.75 Å². The molecule has 1 aromatic carbocycles. The van der Waals surface area contributed by atoms with Gasteiger partial charge in [0.15, 0.2) is 0 Å². The molecule has 5 heteroatoms. The van der Waals surface area contributed by atoms with Crippen molar-refractivity contribution in [2.24, 2.45) is 0 Å². The lowest BCUT2D eigenvalue weighted by molar-refractivity contribution is 0.167. The number of ether oxygens (including phenoxy) is 1. The SMILES string of the molecule is OC1CCN(CCOc2cccc(Br)c2Cl)C1. The first-order valence-electron chi connectivity index (χ1n) is 5.64. The van der Waals surface area contributed by atoms with Crippen molar-refractivity contribution in [3.05, 3.63) is 27.7 Å². The first-order valence-corrected chi connectivity index (χ1v) is 6.81. The van der Waals surface area contributed by atoms with E-state index in [0.717, 1.165) is 30.5 Å². The van der Waals surface area contributed by atoms with Gasteiger partial charge in [-0.05, 0) is 34.5 Å². The van der Waals surface area contributed by atoms with E-state index >= 15 is 0 Å². The number of nitrogens with zero attached hydrogens (tertiary/aromatic N) is 1. The van der Waals surface area contributed by atoms with Crippen LogP contribution in [0.4, 0.5) is 0 Å². The molecule has 1 aliphatic heterocycles. The second-order valence-electron chi connectivity index (χ2n) is 4.14. The zero-order valence-electron chi connectivity index (χ0n) is 9.40. The molecule has 0 radical (unpaired) electrons. The lowest BCUT2D eigenvalue weighted by atomic mass is 10.3. The predicted octanol–water partition coefficient (Wildman–Crippen LogP) is 2.55. The number of likely N-dealkylation sites (tertiary alicyclic amines) is 1. The Morgan fingerprint density at radius 3 is 3.06 bits per heavy atom. The highest BCUT2D eigenvalue weighted by Crippen LogP contribution is 2.31. The highest BCUT2D eigenvalue weighted by Gasteiger charge is 2.19. The zero-order chi connectivity index (χ0) is 12.3. The van der Waals surface area contributed by atoms with Crippen molar-refractivity contribution >= 4 is 27.5 Å². The molecule has 1 N–H and O–H groups in total. The maximum atomic E-state index is 9.39. The van der Waals surface area contributed by atoms with Crippen LogP contribution in [0.15, 0.2) is 22.7 Å². The average molecular weight is 321 g/mol. The molecule has 17 heavy (non-hydrogen) atoms. The number of aliphatic hydroxyl groups excluding tert-OH is 1. The quantitative estimate of drug-likeness (QED) is 0.925. The number of β-amino-alcohol motifs (C(OH)–C–C–N with tert-alkyl or cyclic N) is 1. The smallest absolute Gasteiger partial charge is 0.139 e. The summed E-state index contributed by atoms with van der Waals surface area (Å²) in [6, 6.07) is 5.63. The van der Waals surface area contributed by atoms with Gasteiger partial charge >= 0.3 is 0 Å². The van der Waals surface area contributed by atoms with Crippen LogP contribution in [0.25, 0.3) is 0 Å². The van der Waals surface area contributed by atoms with E-state index in [9.17, 15) is 5.11 Å². The summed E-state index contributed by atoms with van der Waals surface area (Å²) < 4.78 is 6.47. The molecule has 0 spiro atoms. The Kier molecular flexibility index (Phi) is 4.68. The van der Waals surface area contributed by atoms with Crippen molar-refractivity contribution in [1.29, 1.82) is 0 Å². The van der Waals surface area contributed by atoms with Gasteiger partial charge in [-0.2, -0.15) is 0 Å². The normalized spacial score (nSPS) is 20.8. The third kappa shape index (κ3) is 3.58. The van der Waals surface area contributed by atoms with Crippen LogP contribution < -0.4 is 4.74 Å². The standard InChI is InChI=1S/C12H15BrClNO2/c13-10-2-1-3-11(12(10)14)17-7-6-15-5-4-9(16)8-15/h1-3,9,16H,4-8H2. The molecule has 1 aromatic rings. The molecule has 0 aliphatic carbocycles. The number of hydrogen-bond donors (Lipinski definition) is 1. The summed E-state index contributed by atoms with van der Waals surface area (Å²) in [4.78, 5) is 2.19. The predicted molar refractivity (Wildman–Crippen MR) is 71.7 cm³/mol. The maximum absolute atomic E-state index is 9.39. The Bertz CT molecular complexity index is 389. The van der Waals surface area contributed by atoms with Crippen LogP contribution in [-0.2, 0) is 0 Å². The number of halogens is 2. The summed E-state index contributed by atoms with van der Waals surface area (Å²) in [6.45, 7) is 3.09. The molecule has 1 fully saturated rings. The first kappa shape index (κ1) is 13.1. The minimum absolute atomic E-state index is 0.176. The Balaban J connectivity index is 1.80. The lowest BCUT2D eigenvalue weighted by Gasteiger charge is -2.15. The highest BCUT2D eigenvalue weighted by molar-refractivity contribution is 9.10. The number of benzene rings is 1. The largest absolute Gasteiger partial charge is 0.491 e. The van der Waals surface area contributed by atoms with Gasteiger partial charge < -0.3 is 9.84 Å². The molecule has 3 nitrogen and oxygen atoms in total. The van der Waals surface area contributed by atoms with Crippen molar-refractivity contribution in [1.82, 2.24) is 4.90 Å². The first-order chi connectivity index (χ1) is 8.16. The fraction of sp³-hybridized carbons (Fsp3) is 0.500. The van der Waals surface area contributed by atoms with Crippen LogP contribution in [-0.4, -0.2) is 42.4 Å². The van der Waals surface area contributed by atoms with Gasteiger partial charge in [-0.15, -0.1) is 0 Å². The number of hydrogen-bond acceptors (Lipinski definition) is 3. The molecule has 1 heterocycles. The van der Waals surface area contributed by atoms with Gasteiger partial charge in [0.25, 0.3) is 0 Å².